The first-order valence-corrected chi connectivity index (χ1v) is 5.97. The molecule has 0 spiro atoms. The number of unbranched alkanes of at least 4 members (excludes halogenated alkanes) is 1. The van der Waals surface area contributed by atoms with Crippen molar-refractivity contribution in [3.05, 3.63) is 41.0 Å². The summed E-state index contributed by atoms with van der Waals surface area (Å²) < 4.78 is 0. The molecular weight excluding hydrogens is 194 g/mol. The summed E-state index contributed by atoms with van der Waals surface area (Å²) in [6, 6.07) is 4.33. The van der Waals surface area contributed by atoms with E-state index in [1.54, 1.807) is 0 Å². The normalized spacial score (nSPS) is 10.1. The van der Waals surface area contributed by atoms with E-state index in [-0.39, 0.29) is 0 Å². The van der Waals surface area contributed by atoms with Crippen LogP contribution in [0.1, 0.15) is 42.0 Å². The number of benzene rings is 1. The Bertz CT molecular complexity index is 377. The summed E-state index contributed by atoms with van der Waals surface area (Å²) >= 11 is 0. The molecule has 0 atom stereocenters. The molecule has 1 aromatic rings. The minimum atomic E-state index is 0.869. The van der Waals surface area contributed by atoms with Gasteiger partial charge in [0.2, 0.25) is 0 Å². The summed E-state index contributed by atoms with van der Waals surface area (Å²) in [5.41, 5.74) is 5.52. The fourth-order valence-corrected chi connectivity index (χ4v) is 2.19. The molecule has 0 aliphatic rings. The molecule has 0 amide bonds. The van der Waals surface area contributed by atoms with Crippen LogP contribution in [0, 0.1) is 12.3 Å². The van der Waals surface area contributed by atoms with Gasteiger partial charge in [-0.1, -0.05) is 31.7 Å². The van der Waals surface area contributed by atoms with Gasteiger partial charge in [-0.25, -0.2) is 0 Å². The van der Waals surface area contributed by atoms with Gasteiger partial charge in [0, 0.05) is 0 Å². The fourth-order valence-electron chi connectivity index (χ4n) is 2.19. The SMILES string of the molecule is C=Cc1ccc(C)c(CC)c1CCCC=N. The topological polar surface area (TPSA) is 23.9 Å². The van der Waals surface area contributed by atoms with Crippen molar-refractivity contribution in [2.75, 3.05) is 0 Å². The molecule has 1 rings (SSSR count). The predicted molar refractivity (Wildman–Crippen MR) is 72.4 cm³/mol. The van der Waals surface area contributed by atoms with Crippen LogP contribution in [0.5, 0.6) is 0 Å². The van der Waals surface area contributed by atoms with E-state index in [1.807, 2.05) is 6.08 Å². The highest BCUT2D eigenvalue weighted by atomic mass is 14.3. The van der Waals surface area contributed by atoms with Crippen molar-refractivity contribution < 1.29 is 0 Å². The fraction of sp³-hybridized carbons (Fsp3) is 0.400. The van der Waals surface area contributed by atoms with Crippen LogP contribution in [0.3, 0.4) is 0 Å². The van der Waals surface area contributed by atoms with Gasteiger partial charge in [0.15, 0.2) is 0 Å². The van der Waals surface area contributed by atoms with Crippen molar-refractivity contribution in [1.82, 2.24) is 0 Å². The summed E-state index contributed by atoms with van der Waals surface area (Å²) in [6.07, 6.45) is 7.50. The average molecular weight is 215 g/mol. The predicted octanol–water partition coefficient (Wildman–Crippen LogP) is 4.17. The number of aryl methyl sites for hydroxylation is 1. The molecule has 0 heterocycles. The number of hydrogen-bond donors (Lipinski definition) is 1. The smallest absolute Gasteiger partial charge is 0.00476 e. The number of hydrogen-bond acceptors (Lipinski definition) is 1. The molecular formula is C15H21N. The van der Waals surface area contributed by atoms with E-state index in [2.05, 4.69) is 32.6 Å². The second-order valence-electron chi connectivity index (χ2n) is 4.08. The van der Waals surface area contributed by atoms with Gasteiger partial charge in [-0.2, -0.15) is 0 Å². The third-order valence-corrected chi connectivity index (χ3v) is 3.05. The van der Waals surface area contributed by atoms with Crippen molar-refractivity contribution in [1.29, 1.82) is 5.41 Å². The van der Waals surface area contributed by atoms with Gasteiger partial charge in [-0.15, -0.1) is 0 Å². The largest absolute Gasteiger partial charge is 0.313 e. The van der Waals surface area contributed by atoms with E-state index >= 15 is 0 Å². The van der Waals surface area contributed by atoms with Crippen molar-refractivity contribution in [2.45, 2.75) is 39.5 Å². The van der Waals surface area contributed by atoms with Crippen molar-refractivity contribution in [2.24, 2.45) is 0 Å². The molecule has 0 bridgehead atoms. The molecule has 0 unspecified atom stereocenters. The van der Waals surface area contributed by atoms with Crippen LogP contribution in [0.15, 0.2) is 18.7 Å². The third kappa shape index (κ3) is 2.82. The molecule has 1 heteroatoms. The van der Waals surface area contributed by atoms with Gasteiger partial charge in [0.1, 0.15) is 0 Å². The second-order valence-corrected chi connectivity index (χ2v) is 4.08. The van der Waals surface area contributed by atoms with Crippen molar-refractivity contribution in [3.63, 3.8) is 0 Å². The monoisotopic (exact) mass is 215 g/mol. The van der Waals surface area contributed by atoms with Gasteiger partial charge in [-0.05, 0) is 61.1 Å². The maximum absolute atomic E-state index is 7.06. The zero-order valence-corrected chi connectivity index (χ0v) is 10.3. The first-order valence-electron chi connectivity index (χ1n) is 5.97. The molecule has 1 aromatic carbocycles. The van der Waals surface area contributed by atoms with Crippen LogP contribution in [-0.2, 0) is 12.8 Å². The Morgan fingerprint density at radius 3 is 2.62 bits per heavy atom. The average Bonchev–Trinajstić information content (AvgIpc) is 2.30. The van der Waals surface area contributed by atoms with Crippen LogP contribution in [-0.4, -0.2) is 6.21 Å². The lowest BCUT2D eigenvalue weighted by Gasteiger charge is -2.14. The van der Waals surface area contributed by atoms with E-state index in [0.29, 0.717) is 0 Å². The number of rotatable bonds is 6. The lowest BCUT2D eigenvalue weighted by Crippen LogP contribution is -2.00. The highest BCUT2D eigenvalue weighted by molar-refractivity contribution is 5.57. The summed E-state index contributed by atoms with van der Waals surface area (Å²) in [4.78, 5) is 0. The first kappa shape index (κ1) is 12.7. The molecule has 0 aliphatic carbocycles. The summed E-state index contributed by atoms with van der Waals surface area (Å²) in [5.74, 6) is 0. The Balaban J connectivity index is 3.04. The van der Waals surface area contributed by atoms with Gasteiger partial charge in [0.25, 0.3) is 0 Å². The minimum Gasteiger partial charge on any atom is -0.313 e. The molecule has 16 heavy (non-hydrogen) atoms. The van der Waals surface area contributed by atoms with Gasteiger partial charge in [0.05, 0.1) is 0 Å². The van der Waals surface area contributed by atoms with Crippen LogP contribution < -0.4 is 0 Å². The van der Waals surface area contributed by atoms with E-state index in [1.165, 1.54) is 28.5 Å². The van der Waals surface area contributed by atoms with Crippen molar-refractivity contribution in [3.8, 4) is 0 Å². The van der Waals surface area contributed by atoms with E-state index < -0.39 is 0 Å². The van der Waals surface area contributed by atoms with Gasteiger partial charge < -0.3 is 5.41 Å². The lowest BCUT2D eigenvalue weighted by atomic mass is 9.91. The Morgan fingerprint density at radius 1 is 1.31 bits per heavy atom. The maximum atomic E-state index is 7.06. The molecule has 0 radical (unpaired) electrons. The Kier molecular flexibility index (Phi) is 4.97. The molecule has 0 saturated heterocycles. The number of nitrogens with one attached hydrogen (secondary N) is 1. The molecule has 0 aliphatic heterocycles. The van der Waals surface area contributed by atoms with E-state index in [4.69, 9.17) is 5.41 Å². The minimum absolute atomic E-state index is 0.869. The lowest BCUT2D eigenvalue weighted by molar-refractivity contribution is 0.852. The molecule has 0 saturated carbocycles. The Labute approximate surface area is 98.7 Å². The Hall–Kier alpha value is -1.37. The highest BCUT2D eigenvalue weighted by Crippen LogP contribution is 2.22. The molecule has 0 fully saturated rings. The summed E-state index contributed by atoms with van der Waals surface area (Å²) in [6.45, 7) is 8.26. The van der Waals surface area contributed by atoms with Gasteiger partial charge >= 0.3 is 0 Å². The molecule has 1 nitrogen and oxygen atoms in total. The van der Waals surface area contributed by atoms with Crippen LogP contribution >= 0.6 is 0 Å². The van der Waals surface area contributed by atoms with Crippen LogP contribution in [0.2, 0.25) is 0 Å². The standard InChI is InChI=1S/C15H21N/c1-4-13-10-9-12(3)14(5-2)15(13)8-6-7-11-16/h4,9-11,16H,1,5-8H2,2-3H3. The summed E-state index contributed by atoms with van der Waals surface area (Å²) in [5, 5.41) is 7.06. The molecule has 86 valence electrons. The van der Waals surface area contributed by atoms with Gasteiger partial charge in [-0.3, -0.25) is 0 Å². The van der Waals surface area contributed by atoms with E-state index in [0.717, 1.165) is 25.7 Å². The first-order chi connectivity index (χ1) is 7.74. The zero-order chi connectivity index (χ0) is 12.0. The maximum Gasteiger partial charge on any atom is -0.00476 e. The Morgan fingerprint density at radius 2 is 2.06 bits per heavy atom. The summed E-state index contributed by atoms with van der Waals surface area (Å²) in [7, 11) is 0. The zero-order valence-electron chi connectivity index (χ0n) is 10.3. The molecule has 0 aromatic heterocycles. The third-order valence-electron chi connectivity index (χ3n) is 3.05. The van der Waals surface area contributed by atoms with Crippen LogP contribution in [0.25, 0.3) is 6.08 Å². The highest BCUT2D eigenvalue weighted by Gasteiger charge is 2.07. The second kappa shape index (κ2) is 6.26. The van der Waals surface area contributed by atoms with Crippen LogP contribution in [0.4, 0.5) is 0 Å². The van der Waals surface area contributed by atoms with Crippen molar-refractivity contribution >= 4 is 12.3 Å². The quantitative estimate of drug-likeness (QED) is 0.544. The molecule has 1 N–H and O–H groups in total. The van der Waals surface area contributed by atoms with E-state index in [9.17, 15) is 0 Å².